The van der Waals surface area contributed by atoms with E-state index in [0.717, 1.165) is 25.4 Å². The second-order valence-electron chi connectivity index (χ2n) is 11.4. The average molecular weight is 949 g/mol. The summed E-state index contributed by atoms with van der Waals surface area (Å²) in [4.78, 5) is 34.6. The van der Waals surface area contributed by atoms with Gasteiger partial charge in [0.2, 0.25) is 0 Å². The maximum Gasteiger partial charge on any atom is 0.433 e. The number of carbonyl (C=O) groups excluding carboxylic acids is 2. The first-order valence-corrected chi connectivity index (χ1v) is 19.8. The topological polar surface area (TPSA) is 216 Å². The summed E-state index contributed by atoms with van der Waals surface area (Å²) >= 11 is 5.09. The molecule has 5 N–H and O–H groups in total. The summed E-state index contributed by atoms with van der Waals surface area (Å²) in [7, 11) is -5.47. The van der Waals surface area contributed by atoms with E-state index in [1.165, 1.54) is 14.0 Å². The van der Waals surface area contributed by atoms with Crippen LogP contribution in [0.1, 0.15) is 57.3 Å². The molecule has 0 aliphatic heterocycles. The number of amides is 1. The van der Waals surface area contributed by atoms with Crippen LogP contribution in [0.3, 0.4) is 0 Å². The number of nitrogens with one attached hydrogen (secondary N) is 3. The van der Waals surface area contributed by atoms with Gasteiger partial charge in [0.1, 0.15) is 22.8 Å². The van der Waals surface area contributed by atoms with Crippen molar-refractivity contribution in [3.8, 4) is 0 Å². The molecule has 14 nitrogen and oxygen atoms in total. The summed E-state index contributed by atoms with van der Waals surface area (Å²) in [5.41, 5.74) is -1.31. The van der Waals surface area contributed by atoms with Crippen molar-refractivity contribution < 1.29 is 79.1 Å². The molecule has 4 aromatic rings. The van der Waals surface area contributed by atoms with Crippen LogP contribution < -0.4 is 21.7 Å². The highest BCUT2D eigenvalue weighted by molar-refractivity contribution is 7.91. The molecule has 336 valence electrons. The van der Waals surface area contributed by atoms with E-state index < -0.39 is 116 Å². The van der Waals surface area contributed by atoms with Crippen LogP contribution in [0.5, 0.6) is 0 Å². The van der Waals surface area contributed by atoms with Gasteiger partial charge in [-0.3, -0.25) is 9.59 Å². The molecule has 61 heavy (non-hydrogen) atoms. The molecule has 0 spiro atoms. The van der Waals surface area contributed by atoms with E-state index in [2.05, 4.69) is 30.6 Å². The number of sulfone groups is 2. The minimum atomic E-state index is -4.92. The van der Waals surface area contributed by atoms with E-state index >= 15 is 0 Å². The van der Waals surface area contributed by atoms with Crippen LogP contribution in [0.15, 0.2) is 58.8 Å². The van der Waals surface area contributed by atoms with Gasteiger partial charge in [-0.05, 0) is 35.9 Å². The van der Waals surface area contributed by atoms with Crippen LogP contribution in [-0.2, 0) is 44.4 Å². The third kappa shape index (κ3) is 13.8. The number of aromatic nitrogens is 4. The van der Waals surface area contributed by atoms with Gasteiger partial charge in [0.15, 0.2) is 19.7 Å². The number of hydrogen-bond donors (Lipinski definition) is 4. The summed E-state index contributed by atoms with van der Waals surface area (Å²) in [5, 5.41) is 5.91. The first-order valence-electron chi connectivity index (χ1n) is 16.1. The van der Waals surface area contributed by atoms with Crippen molar-refractivity contribution in [2.45, 2.75) is 48.3 Å². The highest BCUT2D eigenvalue weighted by Gasteiger charge is 2.37. The Bertz CT molecular complexity index is 2470. The zero-order valence-corrected chi connectivity index (χ0v) is 33.5. The maximum atomic E-state index is 12.9. The number of nitrogens with zero attached hydrogens (tertiary/aromatic N) is 4. The molecular formula is C32H29ClF12N8O6S2. The number of hydrogen-bond acceptors (Lipinski definition) is 13. The van der Waals surface area contributed by atoms with E-state index in [1.807, 2.05) is 5.32 Å². The number of carbonyl (C=O) groups is 2. The van der Waals surface area contributed by atoms with Crippen LogP contribution in [0.4, 0.5) is 75.4 Å². The predicted octanol–water partition coefficient (Wildman–Crippen LogP) is 7.60. The summed E-state index contributed by atoms with van der Waals surface area (Å²) in [6, 6.07) is 1.91. The van der Waals surface area contributed by atoms with Gasteiger partial charge in [0, 0.05) is 26.5 Å². The van der Waals surface area contributed by atoms with Crippen molar-refractivity contribution in [3.05, 3.63) is 83.0 Å². The van der Waals surface area contributed by atoms with Crippen LogP contribution in [0.25, 0.3) is 0 Å². The van der Waals surface area contributed by atoms with Crippen LogP contribution in [-0.4, -0.2) is 73.5 Å². The molecule has 0 fully saturated rings. The van der Waals surface area contributed by atoms with Crippen LogP contribution >= 0.6 is 11.6 Å². The fourth-order valence-electron chi connectivity index (χ4n) is 4.23. The van der Waals surface area contributed by atoms with E-state index in [-0.39, 0.29) is 23.6 Å². The molecule has 29 heteroatoms. The van der Waals surface area contributed by atoms with Gasteiger partial charge in [-0.1, -0.05) is 13.8 Å². The second-order valence-corrected chi connectivity index (χ2v) is 16.3. The Morgan fingerprint density at radius 2 is 0.984 bits per heavy atom. The molecule has 0 atom stereocenters. The van der Waals surface area contributed by atoms with Crippen molar-refractivity contribution in [1.82, 2.24) is 19.9 Å². The van der Waals surface area contributed by atoms with Crippen molar-refractivity contribution in [2.24, 2.45) is 0 Å². The minimum Gasteiger partial charge on any atom is -0.397 e. The Hall–Kier alpha value is -5.51. The van der Waals surface area contributed by atoms with Crippen molar-refractivity contribution in [3.63, 3.8) is 0 Å². The van der Waals surface area contributed by atoms with Crippen LogP contribution in [0.2, 0.25) is 0 Å². The van der Waals surface area contributed by atoms with E-state index in [1.54, 1.807) is 7.05 Å². The first-order chi connectivity index (χ1) is 27.7. The molecule has 0 unspecified atom stereocenters. The number of halogens is 13. The number of alkyl halides is 12. The average Bonchev–Trinajstić information content (AvgIpc) is 3.16. The lowest BCUT2D eigenvalue weighted by Crippen LogP contribution is -2.21. The number of anilines is 4. The van der Waals surface area contributed by atoms with Gasteiger partial charge in [-0.15, -0.1) is 0 Å². The van der Waals surface area contributed by atoms with E-state index in [0.29, 0.717) is 24.0 Å². The van der Waals surface area contributed by atoms with Crippen molar-refractivity contribution in [2.75, 3.05) is 47.3 Å². The SMILES string of the molecule is CCS(=O)(=O)c1cc(C(F)(F)F)cnc1C(=O)Cl.CCS(=O)(=O)c1cc(C(F)(F)F)cnc1C(=O)Nc1cc(C(F)(F)F)ncc1NC.CNc1cnc(C(F)(F)F)cc1N. The largest absolute Gasteiger partial charge is 0.433 e. The highest BCUT2D eigenvalue weighted by Crippen LogP contribution is 2.35. The third-order valence-electron chi connectivity index (χ3n) is 7.40. The molecule has 0 aromatic carbocycles. The first kappa shape index (κ1) is 51.6. The third-order valence-corrected chi connectivity index (χ3v) is 11.1. The van der Waals surface area contributed by atoms with Gasteiger partial charge in [0.05, 0.1) is 67.6 Å². The lowest BCUT2D eigenvalue weighted by Gasteiger charge is -2.15. The Kier molecular flexibility index (Phi) is 16.5. The molecule has 0 bridgehead atoms. The number of nitrogen functional groups attached to an aromatic ring is 1. The molecule has 0 radical (unpaired) electrons. The zero-order chi connectivity index (χ0) is 47.1. The molecule has 4 rings (SSSR count). The van der Waals surface area contributed by atoms with E-state index in [4.69, 9.17) is 17.3 Å². The molecule has 4 heterocycles. The molecular weight excluding hydrogens is 920 g/mol. The Morgan fingerprint density at radius 1 is 0.590 bits per heavy atom. The van der Waals surface area contributed by atoms with E-state index in [9.17, 15) is 79.1 Å². The highest BCUT2D eigenvalue weighted by atomic mass is 35.5. The van der Waals surface area contributed by atoms with Gasteiger partial charge in [-0.2, -0.15) is 52.7 Å². The summed E-state index contributed by atoms with van der Waals surface area (Å²) in [6.07, 6.45) is -16.5. The standard InChI is InChI=1S/C16H14F6N4O3S.C9H7ClF3NO3S.C7H8F3N3/c1-3-30(28,29)11-4-8(15(17,18)19)6-25-13(11)14(27)26-9-5-12(16(20,21)22)24-7-10(9)23-2;1-2-18(16,17)6-3-5(9(11,12)13)4-14-7(6)8(10)15;1-12-5-3-13-6(2-4(5)11)7(8,9)10/h4-7,23H,3H2,1-2H3,(H,24,26,27);3-4H,2H2,1H3;2-3,12H,1H3,(H2,11,13). The number of rotatable bonds is 9. The second kappa shape index (κ2) is 19.5. The molecule has 0 saturated heterocycles. The molecule has 0 aliphatic carbocycles. The smallest absolute Gasteiger partial charge is 0.397 e. The quantitative estimate of drug-likeness (QED) is 0.0941. The zero-order valence-electron chi connectivity index (χ0n) is 31.1. The molecule has 0 aliphatic rings. The number of pyridine rings is 4. The fourth-order valence-corrected chi connectivity index (χ4v) is 6.55. The monoisotopic (exact) mass is 948 g/mol. The van der Waals surface area contributed by atoms with Gasteiger partial charge in [-0.25, -0.2) is 36.8 Å². The van der Waals surface area contributed by atoms with Gasteiger partial charge in [0.25, 0.3) is 11.1 Å². The lowest BCUT2D eigenvalue weighted by atomic mass is 10.2. The Labute approximate surface area is 342 Å². The summed E-state index contributed by atoms with van der Waals surface area (Å²) < 4.78 is 199. The lowest BCUT2D eigenvalue weighted by molar-refractivity contribution is -0.141. The molecule has 4 aromatic heterocycles. The van der Waals surface area contributed by atoms with Gasteiger partial charge < -0.3 is 21.7 Å². The Balaban J connectivity index is 0.000000349. The van der Waals surface area contributed by atoms with Crippen LogP contribution in [0, 0.1) is 0 Å². The minimum absolute atomic E-state index is 0.0322. The number of nitrogens with two attached hydrogens (primary N) is 1. The fraction of sp³-hybridized carbons (Fsp3) is 0.312. The van der Waals surface area contributed by atoms with Crippen molar-refractivity contribution >= 4 is 65.2 Å². The predicted molar refractivity (Wildman–Crippen MR) is 194 cm³/mol. The van der Waals surface area contributed by atoms with Gasteiger partial charge >= 0.3 is 24.7 Å². The summed E-state index contributed by atoms with van der Waals surface area (Å²) in [6.45, 7) is 2.38. The normalized spacial score (nSPS) is 12.3. The van der Waals surface area contributed by atoms with Crippen molar-refractivity contribution in [1.29, 1.82) is 0 Å². The molecule has 1 amide bonds. The molecule has 0 saturated carbocycles. The Morgan fingerprint density at radius 3 is 1.34 bits per heavy atom. The summed E-state index contributed by atoms with van der Waals surface area (Å²) in [5.74, 6) is -2.41. The maximum absolute atomic E-state index is 12.9.